The highest BCUT2D eigenvalue weighted by Gasteiger charge is 2.24. The van der Waals surface area contributed by atoms with Gasteiger partial charge in [0.25, 0.3) is 0 Å². The van der Waals surface area contributed by atoms with E-state index in [1.165, 1.54) is 32.1 Å². The lowest BCUT2D eigenvalue weighted by atomic mass is 9.92. The molecule has 1 aliphatic rings. The number of nitrogens with zero attached hydrogens (tertiary/aromatic N) is 1. The van der Waals surface area contributed by atoms with Crippen molar-refractivity contribution in [2.75, 3.05) is 18.1 Å². The third kappa shape index (κ3) is 3.53. The Bertz CT molecular complexity index is 402. The van der Waals surface area contributed by atoms with Gasteiger partial charge in [0.1, 0.15) is 0 Å². The third-order valence-corrected chi connectivity index (χ3v) is 4.35. The molecule has 0 saturated heterocycles. The Kier molecular flexibility index (Phi) is 5.86. The van der Waals surface area contributed by atoms with E-state index >= 15 is 0 Å². The number of hydrogen-bond acceptors (Lipinski definition) is 3. The summed E-state index contributed by atoms with van der Waals surface area (Å²) in [6.07, 6.45) is 6.54. The van der Waals surface area contributed by atoms with Crippen LogP contribution in [0.5, 0.6) is 0 Å². The van der Waals surface area contributed by atoms with E-state index in [4.69, 9.17) is 0 Å². The second-order valence-corrected chi connectivity index (χ2v) is 5.69. The Hall–Kier alpha value is -1.06. The fourth-order valence-corrected chi connectivity index (χ4v) is 3.25. The number of hydrogen-bond donors (Lipinski definition) is 2. The second kappa shape index (κ2) is 7.65. The van der Waals surface area contributed by atoms with Crippen molar-refractivity contribution >= 4 is 5.69 Å². The van der Waals surface area contributed by atoms with Gasteiger partial charge in [-0.3, -0.25) is 0 Å². The number of anilines is 1. The zero-order valence-electron chi connectivity index (χ0n) is 12.5. The predicted octanol–water partition coefficient (Wildman–Crippen LogP) is 3.26. The summed E-state index contributed by atoms with van der Waals surface area (Å²) in [5.41, 5.74) is 2.09. The van der Waals surface area contributed by atoms with Crippen LogP contribution in [-0.2, 0) is 0 Å². The quantitative estimate of drug-likeness (QED) is 0.839. The molecule has 0 amide bonds. The highest BCUT2D eigenvalue weighted by atomic mass is 16.3. The van der Waals surface area contributed by atoms with E-state index in [1.807, 2.05) is 25.1 Å². The smallest absolute Gasteiger partial charge is 0.0807 e. The zero-order valence-corrected chi connectivity index (χ0v) is 12.5. The van der Waals surface area contributed by atoms with Gasteiger partial charge >= 0.3 is 0 Å². The summed E-state index contributed by atoms with van der Waals surface area (Å²) >= 11 is 0. The molecule has 1 aromatic rings. The van der Waals surface area contributed by atoms with E-state index in [1.54, 1.807) is 0 Å². The summed E-state index contributed by atoms with van der Waals surface area (Å²) in [6.45, 7) is 2.81. The van der Waals surface area contributed by atoms with Crippen molar-refractivity contribution in [3.63, 3.8) is 0 Å². The Morgan fingerprint density at radius 2 is 1.90 bits per heavy atom. The van der Waals surface area contributed by atoms with Crippen LogP contribution in [0.3, 0.4) is 0 Å². The van der Waals surface area contributed by atoms with Crippen LogP contribution in [0, 0.1) is 0 Å². The molecule has 0 heterocycles. The largest absolute Gasteiger partial charge is 0.395 e. The first-order valence-electron chi connectivity index (χ1n) is 7.92. The Balaban J connectivity index is 2.28. The summed E-state index contributed by atoms with van der Waals surface area (Å²) in [5.74, 6) is 0. The first kappa shape index (κ1) is 15.3. The van der Waals surface area contributed by atoms with Gasteiger partial charge in [0.05, 0.1) is 12.7 Å². The molecule has 3 heteroatoms. The number of aliphatic hydroxyl groups excluding tert-OH is 2. The highest BCUT2D eigenvalue weighted by molar-refractivity contribution is 5.55. The van der Waals surface area contributed by atoms with E-state index in [0.717, 1.165) is 11.3 Å². The van der Waals surface area contributed by atoms with E-state index < -0.39 is 6.10 Å². The molecule has 2 rings (SSSR count). The van der Waals surface area contributed by atoms with Crippen molar-refractivity contribution in [2.45, 2.75) is 57.6 Å². The van der Waals surface area contributed by atoms with Gasteiger partial charge in [-0.1, -0.05) is 44.4 Å². The van der Waals surface area contributed by atoms with Crippen LogP contribution in [0.1, 0.15) is 57.1 Å². The third-order valence-electron chi connectivity index (χ3n) is 4.35. The zero-order chi connectivity index (χ0) is 14.4. The lowest BCUT2D eigenvalue weighted by Crippen LogP contribution is -2.39. The van der Waals surface area contributed by atoms with E-state index in [0.29, 0.717) is 19.0 Å². The molecule has 1 saturated carbocycles. The number of rotatable bonds is 6. The van der Waals surface area contributed by atoms with Gasteiger partial charge in [-0.15, -0.1) is 0 Å². The molecular weight excluding hydrogens is 250 g/mol. The van der Waals surface area contributed by atoms with Gasteiger partial charge in [-0.05, 0) is 25.3 Å². The van der Waals surface area contributed by atoms with Crippen LogP contribution >= 0.6 is 0 Å². The minimum absolute atomic E-state index is 0.160. The lowest BCUT2D eigenvalue weighted by Gasteiger charge is -2.37. The van der Waals surface area contributed by atoms with Crippen molar-refractivity contribution < 1.29 is 10.2 Å². The van der Waals surface area contributed by atoms with Crippen molar-refractivity contribution in [2.24, 2.45) is 0 Å². The molecule has 112 valence electrons. The maximum atomic E-state index is 10.2. The molecule has 1 aromatic carbocycles. The fourth-order valence-electron chi connectivity index (χ4n) is 3.25. The van der Waals surface area contributed by atoms with Gasteiger partial charge < -0.3 is 15.1 Å². The molecule has 0 bridgehead atoms. The Morgan fingerprint density at radius 3 is 2.55 bits per heavy atom. The van der Waals surface area contributed by atoms with E-state index in [9.17, 15) is 10.2 Å². The van der Waals surface area contributed by atoms with Gasteiger partial charge in [0.15, 0.2) is 0 Å². The van der Waals surface area contributed by atoms with E-state index in [-0.39, 0.29) is 6.61 Å². The molecule has 0 radical (unpaired) electrons. The van der Waals surface area contributed by atoms with Crippen LogP contribution in [0.2, 0.25) is 0 Å². The van der Waals surface area contributed by atoms with Crippen molar-refractivity contribution in [3.05, 3.63) is 29.8 Å². The summed E-state index contributed by atoms with van der Waals surface area (Å²) < 4.78 is 0. The molecule has 0 aromatic heterocycles. The molecule has 0 unspecified atom stereocenters. The van der Waals surface area contributed by atoms with Gasteiger partial charge in [-0.25, -0.2) is 0 Å². The molecule has 1 fully saturated rings. The average Bonchev–Trinajstić information content (AvgIpc) is 2.53. The monoisotopic (exact) mass is 277 g/mol. The number of benzene rings is 1. The molecule has 0 spiro atoms. The van der Waals surface area contributed by atoms with Crippen molar-refractivity contribution in [3.8, 4) is 0 Å². The molecule has 2 N–H and O–H groups in total. The summed E-state index contributed by atoms with van der Waals surface area (Å²) in [7, 11) is 0. The standard InChI is InChI=1S/C17H27NO2/c1-2-17(20)15-10-6-7-11-16(15)18(12-13-19)14-8-4-3-5-9-14/h6-7,10-11,14,17,19-20H,2-5,8-9,12-13H2,1H3/t17-/m0/s1. The highest BCUT2D eigenvalue weighted by Crippen LogP contribution is 2.33. The van der Waals surface area contributed by atoms with Crippen LogP contribution in [0.4, 0.5) is 5.69 Å². The predicted molar refractivity (Wildman–Crippen MR) is 83.0 cm³/mol. The molecule has 3 nitrogen and oxygen atoms in total. The molecule has 1 aliphatic carbocycles. The SMILES string of the molecule is CC[C@H](O)c1ccccc1N(CCO)C1CCCCC1. The number of para-hydroxylation sites is 1. The maximum Gasteiger partial charge on any atom is 0.0807 e. The Labute approximate surface area is 122 Å². The first-order valence-corrected chi connectivity index (χ1v) is 7.92. The molecule has 1 atom stereocenters. The second-order valence-electron chi connectivity index (χ2n) is 5.69. The van der Waals surface area contributed by atoms with Crippen molar-refractivity contribution in [1.29, 1.82) is 0 Å². The summed E-state index contributed by atoms with van der Waals surface area (Å²) in [6, 6.07) is 8.60. The van der Waals surface area contributed by atoms with Gasteiger partial charge in [0, 0.05) is 23.8 Å². The van der Waals surface area contributed by atoms with Gasteiger partial charge in [0.2, 0.25) is 0 Å². The van der Waals surface area contributed by atoms with Crippen molar-refractivity contribution in [1.82, 2.24) is 0 Å². The fraction of sp³-hybridized carbons (Fsp3) is 0.647. The van der Waals surface area contributed by atoms with E-state index in [2.05, 4.69) is 11.0 Å². The normalized spacial score (nSPS) is 17.9. The minimum atomic E-state index is -0.420. The lowest BCUT2D eigenvalue weighted by molar-refractivity contribution is 0.173. The molecule has 0 aliphatic heterocycles. The van der Waals surface area contributed by atoms with Crippen LogP contribution in [0.15, 0.2) is 24.3 Å². The summed E-state index contributed by atoms with van der Waals surface area (Å²) in [4.78, 5) is 2.31. The molecular formula is C17H27NO2. The maximum absolute atomic E-state index is 10.2. The topological polar surface area (TPSA) is 43.7 Å². The molecule has 20 heavy (non-hydrogen) atoms. The van der Waals surface area contributed by atoms with Crippen LogP contribution in [-0.4, -0.2) is 29.4 Å². The van der Waals surface area contributed by atoms with Crippen LogP contribution < -0.4 is 4.90 Å². The first-order chi connectivity index (χ1) is 9.77. The summed E-state index contributed by atoms with van der Waals surface area (Å²) in [5, 5.41) is 19.6. The Morgan fingerprint density at radius 1 is 1.20 bits per heavy atom. The number of aliphatic hydroxyl groups is 2. The van der Waals surface area contributed by atoms with Gasteiger partial charge in [-0.2, -0.15) is 0 Å². The average molecular weight is 277 g/mol. The minimum Gasteiger partial charge on any atom is -0.395 e. The van der Waals surface area contributed by atoms with Crippen LogP contribution in [0.25, 0.3) is 0 Å².